The quantitative estimate of drug-likeness (QED) is 0.445. The van der Waals surface area contributed by atoms with Crippen molar-refractivity contribution in [1.82, 2.24) is 9.97 Å². The van der Waals surface area contributed by atoms with Crippen LogP contribution in [0.2, 0.25) is 0 Å². The van der Waals surface area contributed by atoms with Gasteiger partial charge in [-0.3, -0.25) is 4.79 Å². The number of halogens is 1. The van der Waals surface area contributed by atoms with Gasteiger partial charge in [0.05, 0.1) is 5.69 Å². The molecule has 1 saturated carbocycles. The van der Waals surface area contributed by atoms with Gasteiger partial charge in [0.15, 0.2) is 5.78 Å². The molecule has 2 aromatic carbocycles. The molecule has 2 unspecified atom stereocenters. The number of ketones is 1. The second kappa shape index (κ2) is 8.00. The summed E-state index contributed by atoms with van der Waals surface area (Å²) >= 11 is 0. The molecule has 7 nitrogen and oxygen atoms in total. The van der Waals surface area contributed by atoms with E-state index in [9.17, 15) is 9.18 Å². The summed E-state index contributed by atoms with van der Waals surface area (Å²) in [6.07, 6.45) is 3.95. The van der Waals surface area contributed by atoms with Crippen molar-refractivity contribution in [2.75, 3.05) is 30.4 Å². The summed E-state index contributed by atoms with van der Waals surface area (Å²) in [5.41, 5.74) is 12.4. The Morgan fingerprint density at radius 3 is 2.83 bits per heavy atom. The van der Waals surface area contributed by atoms with Crippen molar-refractivity contribution in [1.29, 1.82) is 0 Å². The van der Waals surface area contributed by atoms with Gasteiger partial charge in [-0.15, -0.1) is 0 Å². The molecular weight excluding hydrogens is 457 g/mol. The summed E-state index contributed by atoms with van der Waals surface area (Å²) < 4.78 is 20.7. The monoisotopic (exact) mass is 485 g/mol. The number of carbonyl (C=O) groups is 1. The maximum absolute atomic E-state index is 14.6. The van der Waals surface area contributed by atoms with Gasteiger partial charge < -0.3 is 20.7 Å². The molecule has 3 aliphatic carbocycles. The first kappa shape index (κ1) is 21.7. The Balaban J connectivity index is 1.31. The summed E-state index contributed by atoms with van der Waals surface area (Å²) in [4.78, 5) is 24.4. The number of anilines is 2. The smallest absolute Gasteiger partial charge is 0.324 e. The van der Waals surface area contributed by atoms with Crippen LogP contribution in [0, 0.1) is 17.7 Å². The first-order valence-corrected chi connectivity index (χ1v) is 12.7. The van der Waals surface area contributed by atoms with Crippen molar-refractivity contribution >= 4 is 17.3 Å². The molecule has 8 heteroatoms. The zero-order valence-electron chi connectivity index (χ0n) is 20.2. The Bertz CT molecular complexity index is 1420. The molecule has 0 spiro atoms. The maximum atomic E-state index is 14.6. The average Bonchev–Trinajstić information content (AvgIpc) is 3.41. The van der Waals surface area contributed by atoms with E-state index >= 15 is 0 Å². The summed E-state index contributed by atoms with van der Waals surface area (Å²) in [6, 6.07) is 9.23. The molecular formula is C28H28FN5O2. The highest BCUT2D eigenvalue weighted by molar-refractivity contribution is 5.98. The number of hydrogen-bond acceptors (Lipinski definition) is 7. The highest BCUT2D eigenvalue weighted by atomic mass is 19.1. The number of ether oxygens (including phenoxy) is 1. The minimum absolute atomic E-state index is 0.151. The third-order valence-electron chi connectivity index (χ3n) is 8.40. The van der Waals surface area contributed by atoms with Gasteiger partial charge in [-0.05, 0) is 72.1 Å². The Labute approximate surface area is 208 Å². The molecule has 184 valence electrons. The number of Topliss-reactive ketones (excluding diaryl/α,β-unsaturated/α-hetero) is 1. The number of aromatic nitrogens is 2. The minimum Gasteiger partial charge on any atom is -0.424 e. The average molecular weight is 486 g/mol. The second-order valence-electron chi connectivity index (χ2n) is 10.5. The van der Waals surface area contributed by atoms with E-state index < -0.39 is 0 Å². The molecule has 3 aromatic rings. The Morgan fingerprint density at radius 1 is 1.14 bits per heavy atom. The number of nitrogens with zero attached hydrogens (tertiary/aromatic N) is 3. The lowest BCUT2D eigenvalue weighted by molar-refractivity contribution is 0.0972. The van der Waals surface area contributed by atoms with Crippen LogP contribution in [0.3, 0.4) is 0 Å². The zero-order chi connectivity index (χ0) is 24.6. The van der Waals surface area contributed by atoms with Crippen LogP contribution >= 0.6 is 0 Å². The van der Waals surface area contributed by atoms with Crippen LogP contribution in [0.15, 0.2) is 30.3 Å². The summed E-state index contributed by atoms with van der Waals surface area (Å²) in [6.45, 7) is 1.70. The Hall–Kier alpha value is -3.52. The van der Waals surface area contributed by atoms with E-state index in [-0.39, 0.29) is 23.7 Å². The molecule has 2 fully saturated rings. The molecule has 2 heterocycles. The van der Waals surface area contributed by atoms with Crippen molar-refractivity contribution < 1.29 is 13.9 Å². The van der Waals surface area contributed by atoms with Gasteiger partial charge >= 0.3 is 6.01 Å². The molecule has 0 bridgehead atoms. The number of carbonyl (C=O) groups excluding carboxylic acids is 1. The fraction of sp³-hybridized carbons (Fsp3) is 0.393. The van der Waals surface area contributed by atoms with Gasteiger partial charge in [-0.2, -0.15) is 9.97 Å². The minimum atomic E-state index is -0.292. The van der Waals surface area contributed by atoms with Crippen LogP contribution in [0.5, 0.6) is 11.8 Å². The van der Waals surface area contributed by atoms with Gasteiger partial charge in [0.25, 0.3) is 0 Å². The predicted molar refractivity (Wildman–Crippen MR) is 135 cm³/mol. The van der Waals surface area contributed by atoms with Gasteiger partial charge in [0.1, 0.15) is 17.4 Å². The molecule has 3 atom stereocenters. The number of nitrogens with two attached hydrogens (primary N) is 1. The van der Waals surface area contributed by atoms with Crippen molar-refractivity contribution in [3.8, 4) is 22.9 Å². The molecule has 7 rings (SSSR count). The van der Waals surface area contributed by atoms with Crippen LogP contribution in [0.25, 0.3) is 11.1 Å². The highest BCUT2D eigenvalue weighted by Gasteiger charge is 2.46. The highest BCUT2D eigenvalue weighted by Crippen LogP contribution is 2.48. The number of rotatable bonds is 4. The molecule has 0 amide bonds. The third-order valence-corrected chi connectivity index (χ3v) is 8.40. The lowest BCUT2D eigenvalue weighted by Crippen LogP contribution is -2.46. The molecule has 4 aliphatic rings. The van der Waals surface area contributed by atoms with Gasteiger partial charge in [-0.25, -0.2) is 4.39 Å². The molecule has 1 saturated heterocycles. The number of fused-ring (bicyclic) bond motifs is 5. The standard InChI is InChI=1S/C28H28FN5O2/c1-31-23-9-16(29)8-20-19(23)11-24-26(20)27(34-12-15-7-22(30)21(15)13-34)33-28(32-24)36-17-6-5-14-3-2-4-25(35)18(14)10-17/h5-6,8-10,15,21-22,31H,2-4,7,11-13,30H2,1H3/t15?,21?,22-/m1/s1. The van der Waals surface area contributed by atoms with Crippen LogP contribution < -0.4 is 20.7 Å². The first-order valence-electron chi connectivity index (χ1n) is 12.7. The van der Waals surface area contributed by atoms with Crippen molar-refractivity contribution in [2.45, 2.75) is 38.1 Å². The van der Waals surface area contributed by atoms with Crippen LogP contribution in [-0.4, -0.2) is 41.9 Å². The van der Waals surface area contributed by atoms with E-state index in [1.807, 2.05) is 18.2 Å². The Morgan fingerprint density at radius 2 is 2.03 bits per heavy atom. The van der Waals surface area contributed by atoms with Crippen molar-refractivity contribution in [3.63, 3.8) is 0 Å². The van der Waals surface area contributed by atoms with Gasteiger partial charge in [-0.1, -0.05) is 6.07 Å². The van der Waals surface area contributed by atoms with Crippen LogP contribution in [-0.2, 0) is 12.8 Å². The topological polar surface area (TPSA) is 93.4 Å². The van der Waals surface area contributed by atoms with E-state index in [1.54, 1.807) is 13.1 Å². The number of aryl methyl sites for hydroxylation is 1. The maximum Gasteiger partial charge on any atom is 0.324 e. The third kappa shape index (κ3) is 3.31. The van der Waals surface area contributed by atoms with Crippen molar-refractivity contribution in [2.24, 2.45) is 17.6 Å². The number of benzene rings is 2. The lowest BCUT2D eigenvalue weighted by atomic mass is 9.72. The predicted octanol–water partition coefficient (Wildman–Crippen LogP) is 4.32. The first-order chi connectivity index (χ1) is 17.5. The number of hydrogen-bond donors (Lipinski definition) is 2. The molecule has 0 radical (unpaired) electrons. The lowest BCUT2D eigenvalue weighted by Gasteiger charge is -2.36. The Kier molecular flexibility index (Phi) is 4.83. The van der Waals surface area contributed by atoms with Gasteiger partial charge in [0, 0.05) is 55.8 Å². The summed E-state index contributed by atoms with van der Waals surface area (Å²) in [7, 11) is 1.80. The number of nitrogens with one attached hydrogen (secondary N) is 1. The van der Waals surface area contributed by atoms with E-state index in [0.29, 0.717) is 30.4 Å². The SMILES string of the molecule is CNc1cc(F)cc2c1Cc1nc(Oc3ccc4c(c3)C(=O)CCC4)nc(N3CC4C[C@@H](N)C4C3)c1-2. The van der Waals surface area contributed by atoms with E-state index in [1.165, 1.54) is 6.07 Å². The van der Waals surface area contributed by atoms with E-state index in [4.69, 9.17) is 20.4 Å². The fourth-order valence-electron chi connectivity index (χ4n) is 6.50. The molecule has 1 aliphatic heterocycles. The zero-order valence-corrected chi connectivity index (χ0v) is 20.2. The molecule has 1 aromatic heterocycles. The second-order valence-corrected chi connectivity index (χ2v) is 10.5. The van der Waals surface area contributed by atoms with Crippen molar-refractivity contribution in [3.05, 3.63) is 58.5 Å². The fourth-order valence-corrected chi connectivity index (χ4v) is 6.50. The van der Waals surface area contributed by atoms with E-state index in [0.717, 1.165) is 77.4 Å². The van der Waals surface area contributed by atoms with Crippen LogP contribution in [0.1, 0.15) is 46.4 Å². The van der Waals surface area contributed by atoms with Crippen LogP contribution in [0.4, 0.5) is 15.9 Å². The van der Waals surface area contributed by atoms with Gasteiger partial charge in [0.2, 0.25) is 0 Å². The largest absolute Gasteiger partial charge is 0.424 e. The van der Waals surface area contributed by atoms with E-state index in [2.05, 4.69) is 10.2 Å². The summed E-state index contributed by atoms with van der Waals surface area (Å²) in [5, 5.41) is 3.13. The normalized spacial score (nSPS) is 23.5. The summed E-state index contributed by atoms with van der Waals surface area (Å²) in [5.74, 6) is 2.20. The molecule has 36 heavy (non-hydrogen) atoms. The molecule has 3 N–H and O–H groups in total.